The Bertz CT molecular complexity index is 697. The molecule has 0 spiro atoms. The monoisotopic (exact) mass is 375 g/mol. The fourth-order valence-corrected chi connectivity index (χ4v) is 2.73. The lowest BCUT2D eigenvalue weighted by atomic mass is 10.1. The Hall–Kier alpha value is -1.82. The van der Waals surface area contributed by atoms with Gasteiger partial charge in [-0.25, -0.2) is 0 Å². The van der Waals surface area contributed by atoms with Crippen LogP contribution in [-0.4, -0.2) is 19.7 Å². The minimum Gasteiger partial charge on any atom is -0.495 e. The molecule has 0 saturated carbocycles. The largest absolute Gasteiger partial charge is 0.495 e. The fraction of sp³-hybridized carbons (Fsp3) is 0.222. The van der Waals surface area contributed by atoms with Gasteiger partial charge in [-0.3, -0.25) is 0 Å². The summed E-state index contributed by atoms with van der Waals surface area (Å²) < 4.78 is 17.3. The molecule has 1 fully saturated rings. The van der Waals surface area contributed by atoms with E-state index < -0.39 is 0 Å². The van der Waals surface area contributed by atoms with E-state index in [0.717, 1.165) is 27.2 Å². The van der Waals surface area contributed by atoms with Crippen molar-refractivity contribution in [3.05, 3.63) is 64.6 Å². The predicted molar refractivity (Wildman–Crippen MR) is 94.2 cm³/mol. The van der Waals surface area contributed by atoms with Crippen molar-refractivity contribution in [2.24, 2.45) is 0 Å². The molecule has 2 aromatic carbocycles. The van der Waals surface area contributed by atoms with E-state index in [2.05, 4.69) is 21.2 Å². The Kier molecular flexibility index (Phi) is 5.00. The summed E-state index contributed by atoms with van der Waals surface area (Å²) in [5.41, 5.74) is 2.90. The van der Waals surface area contributed by atoms with E-state index in [1.807, 2.05) is 61.5 Å². The van der Waals surface area contributed by atoms with Crippen molar-refractivity contribution in [1.82, 2.24) is 0 Å². The number of ether oxygens (including phenoxy) is 3. The number of hydrogen-bond donors (Lipinski definition) is 1. The molecule has 5 heteroatoms. The molecule has 0 unspecified atom stereocenters. The van der Waals surface area contributed by atoms with Crippen LogP contribution in [-0.2, 0) is 9.47 Å². The first-order chi connectivity index (χ1) is 11.2. The molecule has 4 nitrogen and oxygen atoms in total. The van der Waals surface area contributed by atoms with Gasteiger partial charge in [0.25, 0.3) is 0 Å². The second-order valence-electron chi connectivity index (χ2n) is 5.13. The van der Waals surface area contributed by atoms with E-state index >= 15 is 0 Å². The molecule has 120 valence electrons. The van der Waals surface area contributed by atoms with E-state index in [9.17, 15) is 0 Å². The van der Waals surface area contributed by atoms with Gasteiger partial charge in [0.15, 0.2) is 12.6 Å². The summed E-state index contributed by atoms with van der Waals surface area (Å²) in [6, 6.07) is 15.9. The molecule has 0 aromatic heterocycles. The normalized spacial score (nSPS) is 20.7. The van der Waals surface area contributed by atoms with Crippen LogP contribution in [0.5, 0.6) is 5.75 Å². The molecule has 0 amide bonds. The Labute approximate surface area is 144 Å². The highest BCUT2D eigenvalue weighted by Gasteiger charge is 2.25. The Morgan fingerprint density at radius 2 is 1.91 bits per heavy atom. The van der Waals surface area contributed by atoms with Crippen LogP contribution in [0.4, 0.5) is 5.69 Å². The highest BCUT2D eigenvalue weighted by Crippen LogP contribution is 2.30. The quantitative estimate of drug-likeness (QED) is 0.826. The van der Waals surface area contributed by atoms with Crippen LogP contribution < -0.4 is 10.1 Å². The van der Waals surface area contributed by atoms with Crippen molar-refractivity contribution >= 4 is 27.3 Å². The van der Waals surface area contributed by atoms with Gasteiger partial charge in [-0.15, -0.1) is 0 Å². The molecular formula is C18H18BrNO3. The second kappa shape index (κ2) is 7.17. The highest BCUT2D eigenvalue weighted by atomic mass is 79.9. The van der Waals surface area contributed by atoms with Gasteiger partial charge in [0.1, 0.15) is 5.75 Å². The first-order valence-electron chi connectivity index (χ1n) is 7.34. The summed E-state index contributed by atoms with van der Waals surface area (Å²) in [6.45, 7) is 1.87. The molecule has 1 N–H and O–H groups in total. The first-order valence-corrected chi connectivity index (χ1v) is 8.14. The summed E-state index contributed by atoms with van der Waals surface area (Å²) in [6.07, 6.45) is 1.45. The van der Waals surface area contributed by atoms with E-state index in [1.54, 1.807) is 7.11 Å². The molecule has 3 rings (SSSR count). The molecular weight excluding hydrogens is 358 g/mol. The number of anilines is 1. The maximum Gasteiger partial charge on any atom is 0.185 e. The topological polar surface area (TPSA) is 39.7 Å². The molecule has 0 atom stereocenters. The minimum absolute atomic E-state index is 0.152. The third-order valence-electron chi connectivity index (χ3n) is 3.47. The van der Waals surface area contributed by atoms with Crippen LogP contribution in [0.2, 0.25) is 0 Å². The number of halogens is 1. The first kappa shape index (κ1) is 16.1. The molecule has 1 saturated heterocycles. The fourth-order valence-electron chi connectivity index (χ4n) is 2.32. The van der Waals surface area contributed by atoms with Crippen LogP contribution >= 0.6 is 15.9 Å². The molecule has 1 aliphatic heterocycles. The van der Waals surface area contributed by atoms with E-state index in [4.69, 9.17) is 14.2 Å². The zero-order valence-electron chi connectivity index (χ0n) is 13.0. The maximum atomic E-state index is 5.52. The lowest BCUT2D eigenvalue weighted by Gasteiger charge is -2.32. The summed E-state index contributed by atoms with van der Waals surface area (Å²) in [4.78, 5) is 0. The maximum absolute atomic E-state index is 5.52. The predicted octanol–water partition coefficient (Wildman–Crippen LogP) is 4.63. The van der Waals surface area contributed by atoms with Gasteiger partial charge in [0, 0.05) is 17.5 Å². The van der Waals surface area contributed by atoms with E-state index in [-0.39, 0.29) is 12.6 Å². The third kappa shape index (κ3) is 3.93. The summed E-state index contributed by atoms with van der Waals surface area (Å²) in [5.74, 6) is 0.771. The SMILES string of the molecule is COc1cc(N/C(=C\C2OC(C)O2)c2ccccc2)ccc1Br. The zero-order valence-corrected chi connectivity index (χ0v) is 14.5. The second-order valence-corrected chi connectivity index (χ2v) is 5.98. The minimum atomic E-state index is -0.329. The molecule has 23 heavy (non-hydrogen) atoms. The van der Waals surface area contributed by atoms with Crippen molar-refractivity contribution in [1.29, 1.82) is 0 Å². The van der Waals surface area contributed by atoms with Crippen molar-refractivity contribution in [2.75, 3.05) is 12.4 Å². The third-order valence-corrected chi connectivity index (χ3v) is 4.12. The number of nitrogens with one attached hydrogen (secondary N) is 1. The van der Waals surface area contributed by atoms with Crippen LogP contribution in [0.1, 0.15) is 12.5 Å². The smallest absolute Gasteiger partial charge is 0.185 e. The van der Waals surface area contributed by atoms with Crippen molar-refractivity contribution in [2.45, 2.75) is 19.5 Å². The molecule has 1 aliphatic rings. The average molecular weight is 376 g/mol. The van der Waals surface area contributed by atoms with Gasteiger partial charge in [-0.2, -0.15) is 0 Å². The van der Waals surface area contributed by atoms with E-state index in [1.165, 1.54) is 0 Å². The number of methoxy groups -OCH3 is 1. The van der Waals surface area contributed by atoms with Crippen LogP contribution in [0, 0.1) is 0 Å². The van der Waals surface area contributed by atoms with Crippen molar-refractivity contribution in [3.8, 4) is 5.75 Å². The van der Waals surface area contributed by atoms with Crippen LogP contribution in [0.3, 0.4) is 0 Å². The Morgan fingerprint density at radius 1 is 1.17 bits per heavy atom. The van der Waals surface area contributed by atoms with Crippen LogP contribution in [0.15, 0.2) is 59.1 Å². The Balaban J connectivity index is 1.87. The van der Waals surface area contributed by atoms with E-state index in [0.29, 0.717) is 0 Å². The molecule has 0 radical (unpaired) electrons. The number of benzene rings is 2. The van der Waals surface area contributed by atoms with Gasteiger partial charge >= 0.3 is 0 Å². The van der Waals surface area contributed by atoms with Crippen molar-refractivity contribution < 1.29 is 14.2 Å². The van der Waals surface area contributed by atoms with Gasteiger partial charge in [0.05, 0.1) is 11.6 Å². The zero-order chi connectivity index (χ0) is 16.2. The molecule has 0 bridgehead atoms. The van der Waals surface area contributed by atoms with Crippen molar-refractivity contribution in [3.63, 3.8) is 0 Å². The summed E-state index contributed by atoms with van der Waals surface area (Å²) >= 11 is 3.46. The summed E-state index contributed by atoms with van der Waals surface area (Å²) in [7, 11) is 1.65. The molecule has 1 heterocycles. The van der Waals surface area contributed by atoms with Gasteiger partial charge in [-0.1, -0.05) is 30.3 Å². The Morgan fingerprint density at radius 3 is 2.57 bits per heavy atom. The average Bonchev–Trinajstić information content (AvgIpc) is 2.55. The van der Waals surface area contributed by atoms with Crippen LogP contribution in [0.25, 0.3) is 5.70 Å². The molecule has 0 aliphatic carbocycles. The molecule has 2 aromatic rings. The highest BCUT2D eigenvalue weighted by molar-refractivity contribution is 9.10. The van der Waals surface area contributed by atoms with Gasteiger partial charge in [0.2, 0.25) is 0 Å². The standard InChI is InChI=1S/C18H18BrNO3/c1-12-22-18(23-12)11-16(13-6-4-3-5-7-13)20-14-8-9-15(19)17(10-14)21-2/h3-12,18,20H,1-2H3/b16-11-. The van der Waals surface area contributed by atoms with Gasteiger partial charge in [-0.05, 0) is 46.6 Å². The number of rotatable bonds is 5. The van der Waals surface area contributed by atoms with Gasteiger partial charge < -0.3 is 19.5 Å². The lowest BCUT2D eigenvalue weighted by molar-refractivity contribution is -0.354. The summed E-state index contributed by atoms with van der Waals surface area (Å²) in [5, 5.41) is 3.41. The lowest BCUT2D eigenvalue weighted by Crippen LogP contribution is -2.37. The number of hydrogen-bond acceptors (Lipinski definition) is 4.